The Kier molecular flexibility index (Phi) is 4.20. The number of carbonyl (C=O) groups excluding carboxylic acids is 1. The van der Waals surface area contributed by atoms with Gasteiger partial charge in [0.15, 0.2) is 0 Å². The van der Waals surface area contributed by atoms with E-state index in [9.17, 15) is 4.79 Å². The van der Waals surface area contributed by atoms with E-state index in [-0.39, 0.29) is 5.91 Å². The topological polar surface area (TPSA) is 32.3 Å². The van der Waals surface area contributed by atoms with E-state index in [0.29, 0.717) is 18.1 Å². The summed E-state index contributed by atoms with van der Waals surface area (Å²) >= 11 is 6.92. The maximum Gasteiger partial charge on any atom is 0.255 e. The molecule has 0 saturated carbocycles. The Hall–Kier alpha value is -0.390. The number of nitrogens with zero attached hydrogens (tertiary/aromatic N) is 1. The zero-order valence-corrected chi connectivity index (χ0v) is 14.6. The molecule has 2 aliphatic heterocycles. The third-order valence-electron chi connectivity index (χ3n) is 4.48. The lowest BCUT2D eigenvalue weighted by Crippen LogP contribution is -2.48. The molecule has 108 valence electrons. The van der Waals surface area contributed by atoms with Crippen molar-refractivity contribution >= 4 is 37.8 Å². The number of amides is 1. The highest BCUT2D eigenvalue weighted by molar-refractivity contribution is 9.11. The number of hydrogen-bond acceptors (Lipinski definition) is 2. The molecule has 1 aromatic rings. The van der Waals surface area contributed by atoms with Crippen molar-refractivity contribution in [3.05, 3.63) is 32.7 Å². The Morgan fingerprint density at radius 1 is 1.25 bits per heavy atom. The second kappa shape index (κ2) is 5.78. The highest BCUT2D eigenvalue weighted by atomic mass is 79.9. The van der Waals surface area contributed by atoms with E-state index < -0.39 is 0 Å². The van der Waals surface area contributed by atoms with Gasteiger partial charge in [-0.15, -0.1) is 0 Å². The first-order chi connectivity index (χ1) is 9.54. The van der Waals surface area contributed by atoms with E-state index in [1.165, 1.54) is 12.8 Å². The SMILES string of the molecule is CN(C(=O)c1cc(Br)ccc1Br)C1CC2CCC(C1)N2. The molecule has 2 unspecified atom stereocenters. The Bertz CT molecular complexity index is 523. The largest absolute Gasteiger partial charge is 0.339 e. The van der Waals surface area contributed by atoms with Gasteiger partial charge >= 0.3 is 0 Å². The first-order valence-electron chi connectivity index (χ1n) is 7.03. The number of fused-ring (bicyclic) bond motifs is 2. The van der Waals surface area contributed by atoms with Crippen molar-refractivity contribution in [1.82, 2.24) is 10.2 Å². The Morgan fingerprint density at radius 3 is 2.55 bits per heavy atom. The van der Waals surface area contributed by atoms with Crippen LogP contribution in [-0.4, -0.2) is 36.0 Å². The van der Waals surface area contributed by atoms with Crippen LogP contribution in [0.3, 0.4) is 0 Å². The molecule has 5 heteroatoms. The lowest BCUT2D eigenvalue weighted by molar-refractivity contribution is 0.0680. The van der Waals surface area contributed by atoms with Crippen LogP contribution in [0.1, 0.15) is 36.0 Å². The summed E-state index contributed by atoms with van der Waals surface area (Å²) in [6.45, 7) is 0. The second-order valence-corrected chi connectivity index (χ2v) is 7.57. The summed E-state index contributed by atoms with van der Waals surface area (Å²) in [7, 11) is 1.94. The van der Waals surface area contributed by atoms with Crippen molar-refractivity contribution < 1.29 is 4.79 Å². The number of halogens is 2. The van der Waals surface area contributed by atoms with Gasteiger partial charge in [-0.05, 0) is 59.8 Å². The van der Waals surface area contributed by atoms with Gasteiger partial charge in [0.1, 0.15) is 0 Å². The van der Waals surface area contributed by atoms with Crippen LogP contribution in [0, 0.1) is 0 Å². The highest BCUT2D eigenvalue weighted by Crippen LogP contribution is 2.31. The average molecular weight is 402 g/mol. The average Bonchev–Trinajstić information content (AvgIpc) is 2.78. The maximum atomic E-state index is 12.7. The predicted molar refractivity (Wildman–Crippen MR) is 86.9 cm³/mol. The summed E-state index contributed by atoms with van der Waals surface area (Å²) in [4.78, 5) is 14.6. The zero-order chi connectivity index (χ0) is 14.3. The molecule has 3 rings (SSSR count). The number of benzene rings is 1. The van der Waals surface area contributed by atoms with Gasteiger partial charge in [-0.2, -0.15) is 0 Å². The molecular formula is C15H18Br2N2O. The van der Waals surface area contributed by atoms with Crippen molar-refractivity contribution in [1.29, 1.82) is 0 Å². The zero-order valence-electron chi connectivity index (χ0n) is 11.4. The summed E-state index contributed by atoms with van der Waals surface area (Å²) in [5.74, 6) is 0.101. The molecule has 3 nitrogen and oxygen atoms in total. The lowest BCUT2D eigenvalue weighted by atomic mass is 9.98. The summed E-state index contributed by atoms with van der Waals surface area (Å²) < 4.78 is 1.79. The van der Waals surface area contributed by atoms with E-state index in [1.807, 2.05) is 30.1 Å². The fourth-order valence-corrected chi connectivity index (χ4v) is 4.14. The van der Waals surface area contributed by atoms with E-state index in [4.69, 9.17) is 0 Å². The van der Waals surface area contributed by atoms with Gasteiger partial charge in [0.25, 0.3) is 5.91 Å². The van der Waals surface area contributed by atoms with Crippen LogP contribution >= 0.6 is 31.9 Å². The minimum Gasteiger partial charge on any atom is -0.339 e. The maximum absolute atomic E-state index is 12.7. The van der Waals surface area contributed by atoms with E-state index in [0.717, 1.165) is 27.4 Å². The Morgan fingerprint density at radius 2 is 1.90 bits per heavy atom. The standard InChI is InChI=1S/C15H18Br2N2O/c1-19(12-7-10-3-4-11(8-12)18-10)15(20)13-6-9(16)2-5-14(13)17/h2,5-6,10-12,18H,3-4,7-8H2,1H3. The molecule has 0 aromatic heterocycles. The monoisotopic (exact) mass is 400 g/mol. The van der Waals surface area contributed by atoms with Gasteiger partial charge in [-0.1, -0.05) is 15.9 Å². The Balaban J connectivity index is 1.78. The predicted octanol–water partition coefficient (Wildman–Crippen LogP) is 3.57. The van der Waals surface area contributed by atoms with Gasteiger partial charge in [-0.25, -0.2) is 0 Å². The van der Waals surface area contributed by atoms with Crippen LogP contribution in [0.5, 0.6) is 0 Å². The second-order valence-electron chi connectivity index (χ2n) is 5.80. The van der Waals surface area contributed by atoms with Crippen molar-refractivity contribution in [3.63, 3.8) is 0 Å². The molecule has 0 aliphatic carbocycles. The van der Waals surface area contributed by atoms with E-state index in [1.54, 1.807) is 0 Å². The molecule has 0 spiro atoms. The molecule has 1 N–H and O–H groups in total. The van der Waals surface area contributed by atoms with Crippen LogP contribution in [0.15, 0.2) is 27.1 Å². The summed E-state index contributed by atoms with van der Waals surface area (Å²) in [5.41, 5.74) is 0.729. The lowest BCUT2D eigenvalue weighted by Gasteiger charge is -2.35. The van der Waals surface area contributed by atoms with Gasteiger partial charge in [0.2, 0.25) is 0 Å². The summed E-state index contributed by atoms with van der Waals surface area (Å²) in [5, 5.41) is 3.62. The first-order valence-corrected chi connectivity index (χ1v) is 8.61. The first kappa shape index (κ1) is 14.5. The highest BCUT2D eigenvalue weighted by Gasteiger charge is 2.36. The molecule has 1 amide bonds. The Labute approximate surface area is 136 Å². The molecule has 1 aromatic carbocycles. The molecule has 20 heavy (non-hydrogen) atoms. The fraction of sp³-hybridized carbons (Fsp3) is 0.533. The molecule has 0 radical (unpaired) electrons. The number of hydrogen-bond donors (Lipinski definition) is 1. The van der Waals surface area contributed by atoms with Gasteiger partial charge in [0.05, 0.1) is 5.56 Å². The fourth-order valence-electron chi connectivity index (χ4n) is 3.36. The van der Waals surface area contributed by atoms with Gasteiger partial charge < -0.3 is 10.2 Å². The molecule has 2 atom stereocenters. The molecule has 2 saturated heterocycles. The van der Waals surface area contributed by atoms with E-state index >= 15 is 0 Å². The van der Waals surface area contributed by atoms with Gasteiger partial charge in [-0.3, -0.25) is 4.79 Å². The quantitative estimate of drug-likeness (QED) is 0.821. The molecule has 2 aliphatic rings. The van der Waals surface area contributed by atoms with Crippen molar-refractivity contribution in [3.8, 4) is 0 Å². The van der Waals surface area contributed by atoms with Crippen LogP contribution in [0.4, 0.5) is 0 Å². The normalized spacial score (nSPS) is 28.4. The molecule has 2 bridgehead atoms. The number of rotatable bonds is 2. The van der Waals surface area contributed by atoms with Crippen molar-refractivity contribution in [2.45, 2.75) is 43.8 Å². The summed E-state index contributed by atoms with van der Waals surface area (Å²) in [6, 6.07) is 7.29. The minimum absolute atomic E-state index is 0.101. The smallest absolute Gasteiger partial charge is 0.255 e. The third kappa shape index (κ3) is 2.81. The molecule has 2 heterocycles. The third-order valence-corrected chi connectivity index (χ3v) is 5.66. The van der Waals surface area contributed by atoms with Crippen LogP contribution in [0.2, 0.25) is 0 Å². The minimum atomic E-state index is 0.101. The molecular weight excluding hydrogens is 384 g/mol. The van der Waals surface area contributed by atoms with Crippen LogP contribution in [-0.2, 0) is 0 Å². The number of piperidine rings is 1. The summed E-state index contributed by atoms with van der Waals surface area (Å²) in [6.07, 6.45) is 4.66. The van der Waals surface area contributed by atoms with Gasteiger partial charge in [0, 0.05) is 34.1 Å². The van der Waals surface area contributed by atoms with Crippen LogP contribution in [0.25, 0.3) is 0 Å². The van der Waals surface area contributed by atoms with E-state index in [2.05, 4.69) is 37.2 Å². The van der Waals surface area contributed by atoms with Crippen LogP contribution < -0.4 is 5.32 Å². The molecule has 2 fully saturated rings. The van der Waals surface area contributed by atoms with Crippen molar-refractivity contribution in [2.24, 2.45) is 0 Å². The number of carbonyl (C=O) groups is 1. The van der Waals surface area contributed by atoms with Crippen molar-refractivity contribution in [2.75, 3.05) is 7.05 Å². The number of nitrogens with one attached hydrogen (secondary N) is 1.